The smallest absolute Gasteiger partial charge is 0.227 e. The summed E-state index contributed by atoms with van der Waals surface area (Å²) in [4.78, 5) is 14.6. The van der Waals surface area contributed by atoms with E-state index in [4.69, 9.17) is 11.6 Å². The third kappa shape index (κ3) is 5.17. The van der Waals surface area contributed by atoms with Crippen molar-refractivity contribution in [2.45, 2.75) is 32.7 Å². The molecule has 1 fully saturated rings. The number of hydrogen-bond acceptors (Lipinski definition) is 2. The Morgan fingerprint density at radius 2 is 2.19 bits per heavy atom. The second-order valence-electron chi connectivity index (χ2n) is 5.39. The third-order valence-electron chi connectivity index (χ3n) is 3.82. The van der Waals surface area contributed by atoms with Crippen LogP contribution in [0.25, 0.3) is 0 Å². The van der Waals surface area contributed by atoms with Gasteiger partial charge in [0.1, 0.15) is 0 Å². The summed E-state index contributed by atoms with van der Waals surface area (Å²) in [5.41, 5.74) is 1.03. The van der Waals surface area contributed by atoms with Crippen LogP contribution in [-0.4, -0.2) is 30.4 Å². The SMILES string of the molecule is CCCCN(Cc1ccccc1Cl)C(=O)C1CCNC1.Cl. The van der Waals surface area contributed by atoms with Gasteiger partial charge in [-0.2, -0.15) is 0 Å². The highest BCUT2D eigenvalue weighted by Gasteiger charge is 2.27. The Bertz CT molecular complexity index is 448. The minimum Gasteiger partial charge on any atom is -0.338 e. The van der Waals surface area contributed by atoms with Crippen molar-refractivity contribution < 1.29 is 4.79 Å². The third-order valence-corrected chi connectivity index (χ3v) is 4.19. The fourth-order valence-electron chi connectivity index (χ4n) is 2.57. The highest BCUT2D eigenvalue weighted by molar-refractivity contribution is 6.31. The zero-order chi connectivity index (χ0) is 14.4. The number of carbonyl (C=O) groups is 1. The summed E-state index contributed by atoms with van der Waals surface area (Å²) in [5, 5.41) is 4.01. The number of nitrogens with zero attached hydrogens (tertiary/aromatic N) is 1. The molecule has 1 heterocycles. The number of carbonyl (C=O) groups excluding carboxylic acids is 1. The molecule has 0 saturated carbocycles. The van der Waals surface area contributed by atoms with Crippen LogP contribution in [0.3, 0.4) is 0 Å². The van der Waals surface area contributed by atoms with Crippen LogP contribution in [0.15, 0.2) is 24.3 Å². The Kier molecular flexibility index (Phi) is 8.09. The van der Waals surface area contributed by atoms with Crippen LogP contribution in [0.1, 0.15) is 31.7 Å². The van der Waals surface area contributed by atoms with Gasteiger partial charge in [0, 0.05) is 24.7 Å². The molecule has 1 aliphatic heterocycles. The molecule has 1 saturated heterocycles. The first-order chi connectivity index (χ1) is 9.72. The predicted octanol–water partition coefficient (Wildman–Crippen LogP) is 3.50. The Morgan fingerprint density at radius 3 is 2.81 bits per heavy atom. The van der Waals surface area contributed by atoms with E-state index in [9.17, 15) is 4.79 Å². The predicted molar refractivity (Wildman–Crippen MR) is 90.0 cm³/mol. The van der Waals surface area contributed by atoms with E-state index in [0.29, 0.717) is 6.54 Å². The zero-order valence-corrected chi connectivity index (χ0v) is 14.1. The molecule has 118 valence electrons. The molecule has 1 aliphatic rings. The summed E-state index contributed by atoms with van der Waals surface area (Å²) in [6, 6.07) is 7.78. The number of unbranched alkanes of at least 4 members (excludes halogenated alkanes) is 1. The molecule has 0 spiro atoms. The summed E-state index contributed by atoms with van der Waals surface area (Å²) in [7, 11) is 0. The van der Waals surface area contributed by atoms with Gasteiger partial charge < -0.3 is 10.2 Å². The molecule has 1 N–H and O–H groups in total. The molecule has 1 atom stereocenters. The lowest BCUT2D eigenvalue weighted by Crippen LogP contribution is -2.37. The van der Waals surface area contributed by atoms with Crippen molar-refractivity contribution in [3.05, 3.63) is 34.9 Å². The molecule has 3 nitrogen and oxygen atoms in total. The largest absolute Gasteiger partial charge is 0.338 e. The molecule has 1 aromatic carbocycles. The lowest BCUT2D eigenvalue weighted by Gasteiger charge is -2.26. The summed E-state index contributed by atoms with van der Waals surface area (Å²) in [6.07, 6.45) is 3.08. The zero-order valence-electron chi connectivity index (χ0n) is 12.5. The van der Waals surface area contributed by atoms with E-state index in [0.717, 1.165) is 49.5 Å². The van der Waals surface area contributed by atoms with Crippen molar-refractivity contribution in [3.8, 4) is 0 Å². The minimum absolute atomic E-state index is 0. The minimum atomic E-state index is 0. The van der Waals surface area contributed by atoms with Crippen molar-refractivity contribution in [2.75, 3.05) is 19.6 Å². The summed E-state index contributed by atoms with van der Waals surface area (Å²) in [6.45, 7) is 5.34. The van der Waals surface area contributed by atoms with Crippen molar-refractivity contribution in [2.24, 2.45) is 5.92 Å². The van der Waals surface area contributed by atoms with Gasteiger partial charge in [-0.25, -0.2) is 0 Å². The first-order valence-corrected chi connectivity index (χ1v) is 7.83. The second kappa shape index (κ2) is 9.29. The van der Waals surface area contributed by atoms with E-state index in [1.165, 1.54) is 0 Å². The van der Waals surface area contributed by atoms with Gasteiger partial charge in [-0.1, -0.05) is 43.1 Å². The molecule has 2 rings (SSSR count). The van der Waals surface area contributed by atoms with Crippen molar-refractivity contribution in [3.63, 3.8) is 0 Å². The van der Waals surface area contributed by atoms with Gasteiger partial charge in [0.05, 0.1) is 5.92 Å². The fraction of sp³-hybridized carbons (Fsp3) is 0.562. The molecule has 1 unspecified atom stereocenters. The van der Waals surface area contributed by atoms with Crippen LogP contribution in [0.2, 0.25) is 5.02 Å². The number of hydrogen-bond donors (Lipinski definition) is 1. The normalized spacial score (nSPS) is 17.3. The van der Waals surface area contributed by atoms with Crippen LogP contribution in [0, 0.1) is 5.92 Å². The van der Waals surface area contributed by atoms with Gasteiger partial charge >= 0.3 is 0 Å². The average molecular weight is 331 g/mol. The Balaban J connectivity index is 0.00000220. The number of amides is 1. The van der Waals surface area contributed by atoms with Gasteiger partial charge in [0.2, 0.25) is 5.91 Å². The Morgan fingerprint density at radius 1 is 1.43 bits per heavy atom. The Hall–Kier alpha value is -0.770. The topological polar surface area (TPSA) is 32.3 Å². The van der Waals surface area contributed by atoms with Gasteiger partial charge in [-0.3, -0.25) is 4.79 Å². The highest BCUT2D eigenvalue weighted by Crippen LogP contribution is 2.20. The molecule has 1 aromatic rings. The second-order valence-corrected chi connectivity index (χ2v) is 5.80. The highest BCUT2D eigenvalue weighted by atomic mass is 35.5. The van der Waals surface area contributed by atoms with Crippen molar-refractivity contribution in [1.29, 1.82) is 0 Å². The van der Waals surface area contributed by atoms with Gasteiger partial charge in [-0.15, -0.1) is 12.4 Å². The maximum atomic E-state index is 12.6. The maximum Gasteiger partial charge on any atom is 0.227 e. The van der Waals surface area contributed by atoms with E-state index in [1.807, 2.05) is 29.2 Å². The number of halogens is 2. The molecule has 5 heteroatoms. The van der Waals surface area contributed by atoms with E-state index in [2.05, 4.69) is 12.2 Å². The van der Waals surface area contributed by atoms with E-state index in [-0.39, 0.29) is 24.2 Å². The maximum absolute atomic E-state index is 12.6. The molecular formula is C16H24Cl2N2O. The fourth-order valence-corrected chi connectivity index (χ4v) is 2.77. The van der Waals surface area contributed by atoms with Crippen LogP contribution in [0.4, 0.5) is 0 Å². The molecule has 1 amide bonds. The summed E-state index contributed by atoms with van der Waals surface area (Å²) < 4.78 is 0. The first kappa shape index (κ1) is 18.3. The van der Waals surface area contributed by atoms with E-state index >= 15 is 0 Å². The number of rotatable bonds is 6. The lowest BCUT2D eigenvalue weighted by molar-refractivity contribution is -0.135. The average Bonchev–Trinajstić information content (AvgIpc) is 2.99. The van der Waals surface area contributed by atoms with Crippen LogP contribution < -0.4 is 5.32 Å². The Labute approximate surface area is 138 Å². The molecule has 0 bridgehead atoms. The van der Waals surface area contributed by atoms with Crippen molar-refractivity contribution in [1.82, 2.24) is 10.2 Å². The van der Waals surface area contributed by atoms with E-state index in [1.54, 1.807) is 0 Å². The molecular weight excluding hydrogens is 307 g/mol. The van der Waals surface area contributed by atoms with Gasteiger partial charge in [-0.05, 0) is 31.0 Å². The molecule has 0 aromatic heterocycles. The number of nitrogens with one attached hydrogen (secondary N) is 1. The van der Waals surface area contributed by atoms with Gasteiger partial charge in [0.25, 0.3) is 0 Å². The first-order valence-electron chi connectivity index (χ1n) is 7.45. The van der Waals surface area contributed by atoms with Crippen LogP contribution in [0.5, 0.6) is 0 Å². The van der Waals surface area contributed by atoms with Crippen LogP contribution in [-0.2, 0) is 11.3 Å². The lowest BCUT2D eigenvalue weighted by atomic mass is 10.1. The molecule has 21 heavy (non-hydrogen) atoms. The van der Waals surface area contributed by atoms with E-state index < -0.39 is 0 Å². The summed E-state index contributed by atoms with van der Waals surface area (Å²) in [5.74, 6) is 0.401. The quantitative estimate of drug-likeness (QED) is 0.865. The number of benzene rings is 1. The van der Waals surface area contributed by atoms with Crippen molar-refractivity contribution >= 4 is 29.9 Å². The van der Waals surface area contributed by atoms with Gasteiger partial charge in [0.15, 0.2) is 0 Å². The summed E-state index contributed by atoms with van der Waals surface area (Å²) >= 11 is 6.22. The molecule has 0 aliphatic carbocycles. The van der Waals surface area contributed by atoms with Crippen LogP contribution >= 0.6 is 24.0 Å². The molecule has 0 radical (unpaired) electrons. The standard InChI is InChI=1S/C16H23ClN2O.ClH/c1-2-3-10-19(16(20)13-8-9-18-11-13)12-14-6-4-5-7-15(14)17;/h4-7,13,18H,2-3,8-12H2,1H3;1H. The monoisotopic (exact) mass is 330 g/mol.